The van der Waals surface area contributed by atoms with Gasteiger partial charge in [-0.15, -0.1) is 6.58 Å². The van der Waals surface area contributed by atoms with Crippen molar-refractivity contribution in [2.75, 3.05) is 6.54 Å². The summed E-state index contributed by atoms with van der Waals surface area (Å²) < 4.78 is 27.9. The molecule has 1 saturated heterocycles. The average molecular weight is 766 g/mol. The molecule has 0 radical (unpaired) electrons. The summed E-state index contributed by atoms with van der Waals surface area (Å²) in [6.45, 7) is 14.6. The van der Waals surface area contributed by atoms with Crippen LogP contribution in [0.25, 0.3) is 0 Å². The van der Waals surface area contributed by atoms with Gasteiger partial charge in [0.1, 0.15) is 0 Å². The molecule has 296 valence electrons. The number of aromatic nitrogens is 2. The maximum Gasteiger partial charge on any atom is 0.255 e. The van der Waals surface area contributed by atoms with Gasteiger partial charge in [-0.2, -0.15) is 5.10 Å². The Hall–Kier alpha value is -3.35. The summed E-state index contributed by atoms with van der Waals surface area (Å²) in [4.78, 5) is 73.0. The van der Waals surface area contributed by atoms with E-state index in [9.17, 15) is 27.6 Å². The number of likely N-dealkylation sites (tertiary alicyclic amines) is 1. The maximum atomic E-state index is 15.1. The second kappa shape index (κ2) is 13.4. The van der Waals surface area contributed by atoms with Gasteiger partial charge < -0.3 is 10.2 Å². The number of aromatic amines is 1. The van der Waals surface area contributed by atoms with Crippen molar-refractivity contribution in [2.24, 2.45) is 44.8 Å². The van der Waals surface area contributed by atoms with Crippen molar-refractivity contribution in [3.63, 3.8) is 0 Å². The number of hydrogen-bond donors (Lipinski definition) is 3. The van der Waals surface area contributed by atoms with Gasteiger partial charge in [-0.3, -0.25) is 33.8 Å². The van der Waals surface area contributed by atoms with E-state index in [1.807, 2.05) is 20.8 Å². The van der Waals surface area contributed by atoms with Gasteiger partial charge in [-0.05, 0) is 79.4 Å². The first kappa shape index (κ1) is 38.9. The van der Waals surface area contributed by atoms with Crippen molar-refractivity contribution >= 4 is 39.3 Å². The number of H-pyrrole nitrogens is 1. The van der Waals surface area contributed by atoms with Gasteiger partial charge in [0.25, 0.3) is 5.91 Å². The van der Waals surface area contributed by atoms with Crippen LogP contribution in [0.1, 0.15) is 135 Å². The zero-order chi connectivity index (χ0) is 39.1. The Morgan fingerprint density at radius 1 is 1.02 bits per heavy atom. The van der Waals surface area contributed by atoms with E-state index in [-0.39, 0.29) is 64.3 Å². The topological polar surface area (TPSA) is 175 Å². The van der Waals surface area contributed by atoms with E-state index in [1.54, 1.807) is 11.0 Å². The van der Waals surface area contributed by atoms with Gasteiger partial charge in [-0.1, -0.05) is 66.4 Å². The van der Waals surface area contributed by atoms with Crippen molar-refractivity contribution in [2.45, 2.75) is 142 Å². The molecule has 1 aliphatic heterocycles. The summed E-state index contributed by atoms with van der Waals surface area (Å²) in [6, 6.07) is -1.56. The number of hydrogen-bond acceptors (Lipinski definition) is 8. The summed E-state index contributed by atoms with van der Waals surface area (Å²) in [7, 11) is -3.82. The highest BCUT2D eigenvalue weighted by molar-refractivity contribution is 7.90. The number of carbonyl (C=O) groups is 5. The van der Waals surface area contributed by atoms with Crippen LogP contribution >= 0.6 is 0 Å². The Labute approximate surface area is 319 Å². The quantitative estimate of drug-likeness (QED) is 0.215. The highest BCUT2D eigenvalue weighted by atomic mass is 32.2. The highest BCUT2D eigenvalue weighted by Crippen LogP contribution is 2.88. The van der Waals surface area contributed by atoms with Gasteiger partial charge in [0.2, 0.25) is 21.8 Å². The molecule has 2 spiro atoms. The van der Waals surface area contributed by atoms with Crippen LogP contribution in [0.5, 0.6) is 0 Å². The molecule has 3 N–H and O–H groups in total. The Kier molecular flexibility index (Phi) is 9.65. The monoisotopic (exact) mass is 765 g/mol. The van der Waals surface area contributed by atoms with Gasteiger partial charge >= 0.3 is 0 Å². The number of Topliss-reactive ketones (excluding diaryl/α,β-unsaturated/α-hetero) is 2. The van der Waals surface area contributed by atoms with E-state index < -0.39 is 50.0 Å². The van der Waals surface area contributed by atoms with Crippen molar-refractivity contribution in [3.05, 3.63) is 30.6 Å². The normalized spacial score (nSPS) is 30.9. The standard InChI is InChI=1S/C41H59N5O7S/c1-7-27-19-39(27,36(51)45-54(52,53)28-14-15-28)21-32(48)30-20-41(38(5,6)40(41)16-11-17-40)24-46(30)35(50)29(37(2,3)4)18-31(47)33(25-12-9-8-10-13-25)44-34(49)26-22-42-43-23-26/h7,22-23,25,27-30,33H,1,8-21,24H2,2-6H3,(H,42,43)(H,44,49)(H,45,51)/t27-,29+,30-,33-,39-,41+/m0/s1. The van der Waals surface area contributed by atoms with Crippen molar-refractivity contribution in [1.29, 1.82) is 0 Å². The third kappa shape index (κ3) is 6.28. The summed E-state index contributed by atoms with van der Waals surface area (Å²) in [5.41, 5.74) is -1.88. The second-order valence-corrected chi connectivity index (χ2v) is 21.2. The number of nitrogens with one attached hydrogen (secondary N) is 3. The maximum absolute atomic E-state index is 15.1. The summed E-state index contributed by atoms with van der Waals surface area (Å²) >= 11 is 0. The van der Waals surface area contributed by atoms with Crippen LogP contribution in [-0.2, 0) is 29.2 Å². The first-order valence-electron chi connectivity index (χ1n) is 20.2. The van der Waals surface area contributed by atoms with Gasteiger partial charge in [-0.25, -0.2) is 8.42 Å². The first-order chi connectivity index (χ1) is 25.3. The minimum Gasteiger partial charge on any atom is -0.342 e. The van der Waals surface area contributed by atoms with Crippen LogP contribution in [-0.4, -0.2) is 76.7 Å². The molecule has 0 bridgehead atoms. The molecule has 3 amide bonds. The molecule has 2 heterocycles. The Bertz CT molecular complexity index is 1820. The van der Waals surface area contributed by atoms with Crippen molar-refractivity contribution in [3.8, 4) is 0 Å². The number of ketones is 2. The van der Waals surface area contributed by atoms with Crippen molar-refractivity contribution in [1.82, 2.24) is 25.1 Å². The van der Waals surface area contributed by atoms with E-state index in [1.165, 1.54) is 12.4 Å². The molecule has 7 rings (SSSR count). The van der Waals surface area contributed by atoms with E-state index in [2.05, 4.69) is 40.7 Å². The molecule has 6 atom stereocenters. The Balaban J connectivity index is 1.16. The molecule has 12 nitrogen and oxygen atoms in total. The first-order valence-corrected chi connectivity index (χ1v) is 21.7. The van der Waals surface area contributed by atoms with Crippen molar-refractivity contribution < 1.29 is 32.4 Å². The van der Waals surface area contributed by atoms with Crippen LogP contribution in [0, 0.1) is 44.8 Å². The lowest BCUT2D eigenvalue weighted by Crippen LogP contribution is -2.51. The predicted molar refractivity (Wildman–Crippen MR) is 202 cm³/mol. The number of nitrogens with zero attached hydrogens (tertiary/aromatic N) is 2. The lowest BCUT2D eigenvalue weighted by molar-refractivity contribution is -0.146. The lowest BCUT2D eigenvalue weighted by Gasteiger charge is -2.37. The summed E-state index contributed by atoms with van der Waals surface area (Å²) in [6.07, 6.45) is 13.9. The van der Waals surface area contributed by atoms with Gasteiger partial charge in [0.05, 0.1) is 34.5 Å². The summed E-state index contributed by atoms with van der Waals surface area (Å²) in [5, 5.41) is 8.97. The van der Waals surface area contributed by atoms with Crippen LogP contribution in [0.3, 0.4) is 0 Å². The molecule has 0 aromatic carbocycles. The second-order valence-electron chi connectivity index (χ2n) is 19.3. The number of allylic oxidation sites excluding steroid dienone is 1. The zero-order valence-corrected chi connectivity index (χ0v) is 33.5. The molecule has 5 saturated carbocycles. The average Bonchev–Trinajstić information content (AvgIpc) is 4.02. The molecule has 6 fully saturated rings. The predicted octanol–water partition coefficient (Wildman–Crippen LogP) is 5.27. The highest BCUT2D eigenvalue weighted by Gasteiger charge is 2.85. The Morgan fingerprint density at radius 3 is 2.22 bits per heavy atom. The summed E-state index contributed by atoms with van der Waals surface area (Å²) in [5.74, 6) is -2.90. The van der Waals surface area contributed by atoms with Crippen LogP contribution in [0.2, 0.25) is 0 Å². The molecular formula is C41H59N5O7S. The zero-order valence-electron chi connectivity index (χ0n) is 32.7. The number of amides is 3. The molecule has 13 heteroatoms. The number of sulfonamides is 1. The lowest BCUT2D eigenvalue weighted by atomic mass is 9.73. The van der Waals surface area contributed by atoms with Crippen LogP contribution < -0.4 is 10.0 Å². The van der Waals surface area contributed by atoms with E-state index in [0.717, 1.165) is 51.4 Å². The molecule has 1 aromatic rings. The Morgan fingerprint density at radius 2 is 1.70 bits per heavy atom. The SMILES string of the molecule is C=C[C@H]1C[C@@]1(CC(=O)[C@@H]1C[C@@]2(CN1C(=O)[C@@H](CC(=O)[C@@H](NC(=O)c1cn[nH]c1)C1CCCCC1)C(C)(C)C)C(C)(C)C21CCC1)C(=O)NS(=O)(=O)C1CC1. The molecule has 54 heavy (non-hydrogen) atoms. The van der Waals surface area contributed by atoms with E-state index >= 15 is 4.79 Å². The molecule has 5 aliphatic carbocycles. The number of rotatable bonds is 14. The fourth-order valence-electron chi connectivity index (χ4n) is 11.2. The number of fused-ring (bicyclic) bond motifs is 1. The third-order valence-electron chi connectivity index (χ3n) is 15.3. The van der Waals surface area contributed by atoms with E-state index in [0.29, 0.717) is 37.8 Å². The molecule has 6 aliphatic rings. The van der Waals surface area contributed by atoms with E-state index in [4.69, 9.17) is 0 Å². The minimum atomic E-state index is -3.82. The molecular weight excluding hydrogens is 707 g/mol. The fourth-order valence-corrected chi connectivity index (χ4v) is 12.6. The molecule has 0 unspecified atom stereocenters. The minimum absolute atomic E-state index is 0.0285. The number of carbonyl (C=O) groups excluding carboxylic acids is 5. The smallest absolute Gasteiger partial charge is 0.255 e. The fraction of sp³-hybridized carbons (Fsp3) is 0.756. The largest absolute Gasteiger partial charge is 0.342 e. The van der Waals surface area contributed by atoms with Crippen LogP contribution in [0.15, 0.2) is 25.0 Å². The van der Waals surface area contributed by atoms with Gasteiger partial charge in [0, 0.05) is 36.9 Å². The molecule has 1 aromatic heterocycles. The van der Waals surface area contributed by atoms with Gasteiger partial charge in [0.15, 0.2) is 11.6 Å². The van der Waals surface area contributed by atoms with Crippen LogP contribution in [0.4, 0.5) is 0 Å². The third-order valence-corrected chi connectivity index (χ3v) is 17.1.